The fraction of sp³-hybridized carbons (Fsp3) is 0.136. The zero-order chi connectivity index (χ0) is 19.7. The van der Waals surface area contributed by atoms with Gasteiger partial charge in [-0.15, -0.1) is 11.3 Å². The Morgan fingerprint density at radius 2 is 1.79 bits per heavy atom. The molecule has 0 spiro atoms. The number of fused-ring (bicyclic) bond motifs is 1. The molecule has 4 aromatic rings. The number of thiazole rings is 1. The van der Waals surface area contributed by atoms with Crippen LogP contribution in [0.1, 0.15) is 34.0 Å². The van der Waals surface area contributed by atoms with Crippen LogP contribution in [0.25, 0.3) is 22.2 Å². The standard InChI is InChI=1S/C22H19N3O2S/c1-3-19-20(15-9-5-4-6-10-15)23-22(28-19)24-21(27)18-13-16-11-7-8-12-17(16)25(18)14(2)26/h4-13H,3H2,1-2H3,(H,23,24,27). The Labute approximate surface area is 166 Å². The Hall–Kier alpha value is -3.25. The number of amides is 1. The minimum atomic E-state index is -0.345. The van der Waals surface area contributed by atoms with Crippen molar-refractivity contribution in [3.05, 3.63) is 71.2 Å². The molecule has 140 valence electrons. The first kappa shape index (κ1) is 18.1. The van der Waals surface area contributed by atoms with E-state index in [1.807, 2.05) is 54.6 Å². The molecule has 0 saturated carbocycles. The van der Waals surface area contributed by atoms with Crippen LogP contribution in [0.3, 0.4) is 0 Å². The van der Waals surface area contributed by atoms with Gasteiger partial charge in [-0.05, 0) is 18.6 Å². The van der Waals surface area contributed by atoms with Gasteiger partial charge in [-0.3, -0.25) is 19.5 Å². The van der Waals surface area contributed by atoms with Gasteiger partial charge in [0.1, 0.15) is 5.69 Å². The fourth-order valence-corrected chi connectivity index (χ4v) is 4.21. The predicted molar refractivity (Wildman–Crippen MR) is 113 cm³/mol. The van der Waals surface area contributed by atoms with Crippen molar-refractivity contribution in [1.82, 2.24) is 9.55 Å². The second-order valence-corrected chi connectivity index (χ2v) is 7.49. The molecule has 6 heteroatoms. The smallest absolute Gasteiger partial charge is 0.274 e. The molecule has 2 aromatic carbocycles. The normalized spacial score (nSPS) is 10.9. The number of hydrogen-bond donors (Lipinski definition) is 1. The lowest BCUT2D eigenvalue weighted by Crippen LogP contribution is -2.19. The number of benzene rings is 2. The van der Waals surface area contributed by atoms with Gasteiger partial charge in [-0.25, -0.2) is 4.98 Å². The lowest BCUT2D eigenvalue weighted by Gasteiger charge is -2.06. The molecule has 0 aliphatic rings. The van der Waals surface area contributed by atoms with Crippen LogP contribution in [0.4, 0.5) is 5.13 Å². The van der Waals surface area contributed by atoms with Gasteiger partial charge in [-0.2, -0.15) is 0 Å². The average Bonchev–Trinajstić information content (AvgIpc) is 3.30. The summed E-state index contributed by atoms with van der Waals surface area (Å²) in [6.07, 6.45) is 0.825. The van der Waals surface area contributed by atoms with Crippen LogP contribution in [0.5, 0.6) is 0 Å². The van der Waals surface area contributed by atoms with Gasteiger partial charge < -0.3 is 0 Å². The Bertz CT molecular complexity index is 1180. The molecule has 1 amide bonds. The van der Waals surface area contributed by atoms with Crippen LogP contribution >= 0.6 is 11.3 Å². The van der Waals surface area contributed by atoms with E-state index in [2.05, 4.69) is 17.2 Å². The van der Waals surface area contributed by atoms with Crippen molar-refractivity contribution in [1.29, 1.82) is 0 Å². The number of carbonyl (C=O) groups is 2. The first-order valence-electron chi connectivity index (χ1n) is 9.06. The van der Waals surface area contributed by atoms with E-state index in [9.17, 15) is 9.59 Å². The molecule has 1 N–H and O–H groups in total. The summed E-state index contributed by atoms with van der Waals surface area (Å²) in [4.78, 5) is 30.8. The number of nitrogens with one attached hydrogen (secondary N) is 1. The SMILES string of the molecule is CCc1sc(NC(=O)c2cc3ccccc3n2C(C)=O)nc1-c1ccccc1. The van der Waals surface area contributed by atoms with Crippen LogP contribution in [-0.2, 0) is 6.42 Å². The van der Waals surface area contributed by atoms with Crippen LogP contribution in [0.2, 0.25) is 0 Å². The van der Waals surface area contributed by atoms with Crippen molar-refractivity contribution in [3.63, 3.8) is 0 Å². The molecule has 0 saturated heterocycles. The molecule has 2 aromatic heterocycles. The Balaban J connectivity index is 1.70. The molecule has 0 aliphatic heterocycles. The molecule has 0 aliphatic carbocycles. The van der Waals surface area contributed by atoms with E-state index in [0.717, 1.165) is 33.5 Å². The molecule has 0 unspecified atom stereocenters. The van der Waals surface area contributed by atoms with E-state index in [-0.39, 0.29) is 11.8 Å². The molecule has 0 radical (unpaired) electrons. The molecule has 4 rings (SSSR count). The second-order valence-electron chi connectivity index (χ2n) is 6.41. The Morgan fingerprint density at radius 1 is 1.07 bits per heavy atom. The van der Waals surface area contributed by atoms with Gasteiger partial charge >= 0.3 is 0 Å². The zero-order valence-electron chi connectivity index (χ0n) is 15.6. The van der Waals surface area contributed by atoms with Gasteiger partial charge in [0.05, 0.1) is 11.2 Å². The molecule has 2 heterocycles. The lowest BCUT2D eigenvalue weighted by molar-refractivity contribution is 0.0916. The molecule has 28 heavy (non-hydrogen) atoms. The van der Waals surface area contributed by atoms with Gasteiger partial charge in [0.25, 0.3) is 5.91 Å². The highest BCUT2D eigenvalue weighted by molar-refractivity contribution is 7.16. The number of nitrogens with zero attached hydrogens (tertiary/aromatic N) is 2. The maximum atomic E-state index is 12.9. The van der Waals surface area contributed by atoms with Gasteiger partial charge in [0.15, 0.2) is 5.13 Å². The number of para-hydroxylation sites is 1. The molecular weight excluding hydrogens is 370 g/mol. The van der Waals surface area contributed by atoms with Crippen LogP contribution in [-0.4, -0.2) is 21.4 Å². The lowest BCUT2D eigenvalue weighted by atomic mass is 10.1. The zero-order valence-corrected chi connectivity index (χ0v) is 16.4. The molecule has 0 bridgehead atoms. The summed E-state index contributed by atoms with van der Waals surface area (Å²) in [5.74, 6) is -0.549. The van der Waals surface area contributed by atoms with E-state index in [1.54, 1.807) is 6.07 Å². The van der Waals surface area contributed by atoms with E-state index in [1.165, 1.54) is 22.8 Å². The van der Waals surface area contributed by atoms with Crippen molar-refractivity contribution in [3.8, 4) is 11.3 Å². The van der Waals surface area contributed by atoms with E-state index in [4.69, 9.17) is 0 Å². The minimum absolute atomic E-state index is 0.204. The monoisotopic (exact) mass is 389 g/mol. The van der Waals surface area contributed by atoms with E-state index >= 15 is 0 Å². The summed E-state index contributed by atoms with van der Waals surface area (Å²) >= 11 is 1.46. The third-order valence-electron chi connectivity index (χ3n) is 4.54. The summed E-state index contributed by atoms with van der Waals surface area (Å²) in [6.45, 7) is 3.52. The third-order valence-corrected chi connectivity index (χ3v) is 5.66. The fourth-order valence-electron chi connectivity index (χ4n) is 3.29. The van der Waals surface area contributed by atoms with Crippen molar-refractivity contribution in [2.24, 2.45) is 0 Å². The number of carbonyl (C=O) groups excluding carboxylic acids is 2. The van der Waals surface area contributed by atoms with Gasteiger partial charge in [0, 0.05) is 22.8 Å². The van der Waals surface area contributed by atoms with Crippen molar-refractivity contribution < 1.29 is 9.59 Å². The topological polar surface area (TPSA) is 64.0 Å². The van der Waals surface area contributed by atoms with Crippen LogP contribution in [0.15, 0.2) is 60.7 Å². The van der Waals surface area contributed by atoms with Crippen molar-refractivity contribution in [2.75, 3.05) is 5.32 Å². The Kier molecular flexibility index (Phi) is 4.79. The molecule has 0 fully saturated rings. The highest BCUT2D eigenvalue weighted by atomic mass is 32.1. The number of anilines is 1. The summed E-state index contributed by atoms with van der Waals surface area (Å²) < 4.78 is 1.44. The molecular formula is C22H19N3O2S. The summed E-state index contributed by atoms with van der Waals surface area (Å²) in [5.41, 5.74) is 2.94. The maximum Gasteiger partial charge on any atom is 0.274 e. The summed E-state index contributed by atoms with van der Waals surface area (Å²) in [5, 5.41) is 4.25. The highest BCUT2D eigenvalue weighted by Gasteiger charge is 2.20. The van der Waals surface area contributed by atoms with Crippen molar-refractivity contribution >= 4 is 39.2 Å². The third kappa shape index (κ3) is 3.23. The predicted octanol–water partition coefficient (Wildman–Crippen LogP) is 5.24. The largest absolute Gasteiger partial charge is 0.297 e. The van der Waals surface area contributed by atoms with Crippen molar-refractivity contribution in [2.45, 2.75) is 20.3 Å². The number of hydrogen-bond acceptors (Lipinski definition) is 4. The quantitative estimate of drug-likeness (QED) is 0.519. The molecule has 5 nitrogen and oxygen atoms in total. The van der Waals surface area contributed by atoms with Gasteiger partial charge in [-0.1, -0.05) is 55.5 Å². The van der Waals surface area contributed by atoms with Crippen LogP contribution in [0, 0.1) is 0 Å². The van der Waals surface area contributed by atoms with E-state index in [0.29, 0.717) is 10.8 Å². The van der Waals surface area contributed by atoms with Crippen LogP contribution < -0.4 is 5.32 Å². The summed E-state index contributed by atoms with van der Waals surface area (Å²) in [7, 11) is 0. The first-order valence-corrected chi connectivity index (χ1v) is 9.88. The number of rotatable bonds is 4. The van der Waals surface area contributed by atoms with E-state index < -0.39 is 0 Å². The first-order chi connectivity index (χ1) is 13.6. The minimum Gasteiger partial charge on any atom is -0.297 e. The number of aryl methyl sites for hydroxylation is 1. The number of aromatic nitrogens is 2. The summed E-state index contributed by atoms with van der Waals surface area (Å²) in [6, 6.07) is 19.1. The second kappa shape index (κ2) is 7.40. The molecule has 0 atom stereocenters. The van der Waals surface area contributed by atoms with Gasteiger partial charge in [0.2, 0.25) is 5.91 Å². The Morgan fingerprint density at radius 3 is 2.50 bits per heavy atom. The highest BCUT2D eigenvalue weighted by Crippen LogP contribution is 2.32. The average molecular weight is 389 g/mol. The maximum absolute atomic E-state index is 12.9.